The minimum atomic E-state index is -1.10. The molecule has 2 heteroatoms. The molecule has 128 valence electrons. The second kappa shape index (κ2) is 7.64. The Balaban J connectivity index is 2.21. The topological polar surface area (TPSA) is 23.5 Å². The van der Waals surface area contributed by atoms with Crippen LogP contribution >= 0.6 is 0 Å². The summed E-state index contributed by atoms with van der Waals surface area (Å²) in [6.07, 6.45) is 0. The molecule has 0 aromatic heterocycles. The molecule has 0 aliphatic carbocycles. The molecule has 3 rings (SSSR count). The molecule has 3 aromatic rings. The number of hydrogen-bond acceptors (Lipinski definition) is 2. The third kappa shape index (κ3) is 3.65. The summed E-state index contributed by atoms with van der Waals surface area (Å²) in [5.74, 6) is -0.0894. The highest BCUT2D eigenvalue weighted by atomic mass is 16.3. The lowest BCUT2D eigenvalue weighted by Gasteiger charge is -2.39. The predicted molar refractivity (Wildman–Crippen MR) is 104 cm³/mol. The number of benzene rings is 3. The van der Waals surface area contributed by atoms with Gasteiger partial charge in [-0.25, -0.2) is 0 Å². The van der Waals surface area contributed by atoms with Gasteiger partial charge in [-0.05, 0) is 30.8 Å². The first-order chi connectivity index (χ1) is 12.1. The lowest BCUT2D eigenvalue weighted by Crippen LogP contribution is -2.40. The van der Waals surface area contributed by atoms with Crippen molar-refractivity contribution in [2.45, 2.75) is 11.5 Å². The van der Waals surface area contributed by atoms with E-state index in [1.165, 1.54) is 0 Å². The van der Waals surface area contributed by atoms with Crippen molar-refractivity contribution < 1.29 is 5.11 Å². The minimum Gasteiger partial charge on any atom is -0.380 e. The van der Waals surface area contributed by atoms with E-state index in [9.17, 15) is 5.11 Å². The lowest BCUT2D eigenvalue weighted by molar-refractivity contribution is 0.0395. The van der Waals surface area contributed by atoms with Crippen LogP contribution in [-0.4, -0.2) is 30.6 Å². The summed E-state index contributed by atoms with van der Waals surface area (Å²) >= 11 is 0. The lowest BCUT2D eigenvalue weighted by atomic mass is 9.72. The molecule has 0 fully saturated rings. The van der Waals surface area contributed by atoms with Crippen LogP contribution in [0.1, 0.15) is 22.6 Å². The van der Waals surface area contributed by atoms with Crippen molar-refractivity contribution in [1.29, 1.82) is 0 Å². The fraction of sp³-hybridized carbons (Fsp3) is 0.217. The van der Waals surface area contributed by atoms with Gasteiger partial charge in [0.15, 0.2) is 0 Å². The van der Waals surface area contributed by atoms with Gasteiger partial charge in [-0.1, -0.05) is 91.0 Å². The SMILES string of the molecule is CN(C)C[C@H](c1ccccc1)C(O)(c1ccccc1)c1ccccc1. The maximum Gasteiger partial charge on any atom is 0.123 e. The van der Waals surface area contributed by atoms with Gasteiger partial charge in [-0.2, -0.15) is 0 Å². The van der Waals surface area contributed by atoms with E-state index in [-0.39, 0.29) is 5.92 Å². The second-order valence-electron chi connectivity index (χ2n) is 6.72. The average molecular weight is 331 g/mol. The Hall–Kier alpha value is -2.42. The number of hydrogen-bond donors (Lipinski definition) is 1. The number of nitrogens with zero attached hydrogens (tertiary/aromatic N) is 1. The minimum absolute atomic E-state index is 0.0894. The van der Waals surface area contributed by atoms with E-state index in [1.807, 2.05) is 93.0 Å². The molecule has 0 bridgehead atoms. The van der Waals surface area contributed by atoms with Crippen molar-refractivity contribution in [1.82, 2.24) is 4.90 Å². The molecule has 2 nitrogen and oxygen atoms in total. The van der Waals surface area contributed by atoms with E-state index in [1.54, 1.807) is 0 Å². The van der Waals surface area contributed by atoms with Gasteiger partial charge < -0.3 is 10.0 Å². The van der Waals surface area contributed by atoms with Gasteiger partial charge in [-0.3, -0.25) is 0 Å². The average Bonchev–Trinajstić information content (AvgIpc) is 2.67. The summed E-state index contributed by atoms with van der Waals surface area (Å²) in [5, 5.41) is 12.1. The fourth-order valence-corrected chi connectivity index (χ4v) is 3.48. The van der Waals surface area contributed by atoms with E-state index >= 15 is 0 Å². The Kier molecular flexibility index (Phi) is 5.32. The zero-order valence-electron chi connectivity index (χ0n) is 14.8. The van der Waals surface area contributed by atoms with Gasteiger partial charge in [0, 0.05) is 12.5 Å². The van der Waals surface area contributed by atoms with Gasteiger partial charge >= 0.3 is 0 Å². The molecule has 0 unspecified atom stereocenters. The van der Waals surface area contributed by atoms with Crippen LogP contribution in [0, 0.1) is 0 Å². The normalized spacial score (nSPS) is 13.0. The van der Waals surface area contributed by atoms with Crippen LogP contribution in [0.15, 0.2) is 91.0 Å². The summed E-state index contributed by atoms with van der Waals surface area (Å²) in [4.78, 5) is 2.13. The largest absolute Gasteiger partial charge is 0.380 e. The fourth-order valence-electron chi connectivity index (χ4n) is 3.48. The summed E-state index contributed by atoms with van der Waals surface area (Å²) < 4.78 is 0. The second-order valence-corrected chi connectivity index (χ2v) is 6.72. The van der Waals surface area contributed by atoms with Crippen molar-refractivity contribution in [3.63, 3.8) is 0 Å². The van der Waals surface area contributed by atoms with Crippen molar-refractivity contribution in [2.24, 2.45) is 0 Å². The van der Waals surface area contributed by atoms with Crippen LogP contribution in [0.3, 0.4) is 0 Å². The van der Waals surface area contributed by atoms with Crippen molar-refractivity contribution in [2.75, 3.05) is 20.6 Å². The molecule has 0 aliphatic heterocycles. The molecule has 0 spiro atoms. The first kappa shape index (κ1) is 17.4. The Morgan fingerprint density at radius 3 is 1.52 bits per heavy atom. The Morgan fingerprint density at radius 2 is 1.12 bits per heavy atom. The third-order valence-corrected chi connectivity index (χ3v) is 4.68. The zero-order valence-corrected chi connectivity index (χ0v) is 14.8. The molecular weight excluding hydrogens is 306 g/mol. The van der Waals surface area contributed by atoms with Gasteiger partial charge in [0.2, 0.25) is 0 Å². The third-order valence-electron chi connectivity index (χ3n) is 4.68. The maximum atomic E-state index is 12.1. The molecule has 0 saturated carbocycles. The molecule has 1 N–H and O–H groups in total. The molecule has 0 radical (unpaired) electrons. The molecule has 25 heavy (non-hydrogen) atoms. The molecule has 0 amide bonds. The monoisotopic (exact) mass is 331 g/mol. The van der Waals surface area contributed by atoms with E-state index in [4.69, 9.17) is 0 Å². The van der Waals surface area contributed by atoms with E-state index in [0.29, 0.717) is 0 Å². The smallest absolute Gasteiger partial charge is 0.123 e. The molecule has 0 aliphatic rings. The number of aliphatic hydroxyl groups is 1. The summed E-state index contributed by atoms with van der Waals surface area (Å²) in [6.45, 7) is 0.740. The van der Waals surface area contributed by atoms with Gasteiger partial charge in [-0.15, -0.1) is 0 Å². The predicted octanol–water partition coefficient (Wildman–Crippen LogP) is 4.27. The van der Waals surface area contributed by atoms with E-state index in [0.717, 1.165) is 23.2 Å². The molecule has 0 saturated heterocycles. The molecule has 1 atom stereocenters. The van der Waals surface area contributed by atoms with Crippen LogP contribution in [0.25, 0.3) is 0 Å². The first-order valence-electron chi connectivity index (χ1n) is 8.65. The quantitative estimate of drug-likeness (QED) is 0.729. The van der Waals surface area contributed by atoms with Crippen LogP contribution in [0.4, 0.5) is 0 Å². The highest BCUT2D eigenvalue weighted by Crippen LogP contribution is 2.42. The van der Waals surface area contributed by atoms with E-state index < -0.39 is 5.60 Å². The first-order valence-corrected chi connectivity index (χ1v) is 8.65. The van der Waals surface area contributed by atoms with Crippen molar-refractivity contribution in [3.05, 3.63) is 108 Å². The van der Waals surface area contributed by atoms with Gasteiger partial charge in [0.05, 0.1) is 0 Å². The molecule has 0 heterocycles. The highest BCUT2D eigenvalue weighted by Gasteiger charge is 2.41. The maximum absolute atomic E-state index is 12.1. The van der Waals surface area contributed by atoms with Crippen LogP contribution in [0.5, 0.6) is 0 Å². The standard InChI is InChI=1S/C23H25NO/c1-24(2)18-22(19-12-6-3-7-13-19)23(25,20-14-8-4-9-15-20)21-16-10-5-11-17-21/h3-17,22,25H,18H2,1-2H3/t22-/m1/s1. The van der Waals surface area contributed by atoms with Gasteiger partial charge in [0.25, 0.3) is 0 Å². The van der Waals surface area contributed by atoms with Gasteiger partial charge in [0.1, 0.15) is 5.60 Å². The zero-order chi connectivity index (χ0) is 17.7. The Labute approximate surface area is 150 Å². The number of likely N-dealkylation sites (N-methyl/N-ethyl adjacent to an activating group) is 1. The summed E-state index contributed by atoms with van der Waals surface area (Å²) in [5.41, 5.74) is 1.86. The summed E-state index contributed by atoms with van der Waals surface area (Å²) in [7, 11) is 4.10. The van der Waals surface area contributed by atoms with Crippen molar-refractivity contribution in [3.8, 4) is 0 Å². The van der Waals surface area contributed by atoms with Crippen LogP contribution < -0.4 is 0 Å². The van der Waals surface area contributed by atoms with Crippen molar-refractivity contribution >= 4 is 0 Å². The Morgan fingerprint density at radius 1 is 0.720 bits per heavy atom. The van der Waals surface area contributed by atoms with Crippen LogP contribution in [-0.2, 0) is 5.60 Å². The number of rotatable bonds is 6. The highest BCUT2D eigenvalue weighted by molar-refractivity contribution is 5.42. The molecule has 3 aromatic carbocycles. The summed E-state index contributed by atoms with van der Waals surface area (Å²) in [6, 6.07) is 30.3. The van der Waals surface area contributed by atoms with Crippen LogP contribution in [0.2, 0.25) is 0 Å². The van der Waals surface area contributed by atoms with E-state index in [2.05, 4.69) is 17.0 Å². The Bertz CT molecular complexity index is 729. The molecular formula is C23H25NO.